The molecule has 0 spiro atoms. The largest absolute Gasteiger partial charge is 0.321 e. The minimum atomic E-state index is -0.529. The van der Waals surface area contributed by atoms with Crippen LogP contribution in [0.2, 0.25) is 0 Å². The van der Waals surface area contributed by atoms with Gasteiger partial charge in [0.15, 0.2) is 0 Å². The molecule has 3 heteroatoms. The number of aromatic nitrogens is 1. The summed E-state index contributed by atoms with van der Waals surface area (Å²) in [6.45, 7) is 0. The first-order chi connectivity index (χ1) is 5.33. The van der Waals surface area contributed by atoms with Gasteiger partial charge in [-0.25, -0.2) is 0 Å². The van der Waals surface area contributed by atoms with Crippen molar-refractivity contribution in [1.82, 2.24) is 4.98 Å². The summed E-state index contributed by atoms with van der Waals surface area (Å²) in [5.41, 5.74) is 6.32. The van der Waals surface area contributed by atoms with Crippen LogP contribution in [0, 0.1) is 0 Å². The lowest BCUT2D eigenvalue weighted by Gasteiger charge is -2.00. The molecule has 0 aliphatic heterocycles. The van der Waals surface area contributed by atoms with Crippen LogP contribution in [-0.4, -0.2) is 17.3 Å². The molecule has 1 heterocycles. The van der Waals surface area contributed by atoms with Gasteiger partial charge in [-0.05, 0) is 18.1 Å². The van der Waals surface area contributed by atoms with E-state index in [2.05, 4.69) is 4.98 Å². The number of hydrogen-bond acceptors (Lipinski definition) is 3. The second-order valence-electron chi connectivity index (χ2n) is 2.29. The van der Waals surface area contributed by atoms with Crippen molar-refractivity contribution >= 4 is 6.29 Å². The normalized spacial score (nSPS) is 12.5. The number of nitrogens with two attached hydrogens (primary N) is 1. The molecule has 1 atom stereocenters. The summed E-state index contributed by atoms with van der Waals surface area (Å²) < 4.78 is 0. The van der Waals surface area contributed by atoms with Crippen LogP contribution in [-0.2, 0) is 11.2 Å². The molecule has 0 saturated heterocycles. The van der Waals surface area contributed by atoms with Crippen LogP contribution in [0.1, 0.15) is 5.56 Å². The van der Waals surface area contributed by atoms with E-state index in [-0.39, 0.29) is 0 Å². The number of rotatable bonds is 3. The van der Waals surface area contributed by atoms with Crippen LogP contribution in [0.4, 0.5) is 0 Å². The third-order valence-electron chi connectivity index (χ3n) is 1.33. The van der Waals surface area contributed by atoms with E-state index in [1.54, 1.807) is 18.7 Å². The van der Waals surface area contributed by atoms with Gasteiger partial charge in [0.25, 0.3) is 0 Å². The van der Waals surface area contributed by atoms with Gasteiger partial charge < -0.3 is 5.73 Å². The van der Waals surface area contributed by atoms with Gasteiger partial charge in [-0.3, -0.25) is 9.78 Å². The predicted octanol–water partition coefficient (Wildman–Crippen LogP) is 0.0611. The highest BCUT2D eigenvalue weighted by atomic mass is 16.1. The first-order valence-corrected chi connectivity index (χ1v) is 3.35. The molecule has 0 aliphatic carbocycles. The van der Waals surface area contributed by atoms with Gasteiger partial charge in [-0.1, -0.05) is 6.07 Å². The Hall–Kier alpha value is -1.22. The molecule has 0 unspecified atom stereocenters. The smallest absolute Gasteiger partial charge is 0.217 e. The minimum absolute atomic E-state index is 0.511. The van der Waals surface area contributed by atoms with E-state index in [0.717, 1.165) is 5.56 Å². The lowest BCUT2D eigenvalue weighted by Crippen LogP contribution is -2.23. The van der Waals surface area contributed by atoms with Crippen LogP contribution in [0.15, 0.2) is 24.5 Å². The van der Waals surface area contributed by atoms with Crippen molar-refractivity contribution in [3.63, 3.8) is 0 Å². The third-order valence-corrected chi connectivity index (χ3v) is 1.33. The van der Waals surface area contributed by atoms with E-state index in [1.807, 2.05) is 12.1 Å². The maximum Gasteiger partial charge on any atom is 0.217 e. The molecule has 0 aromatic carbocycles. The lowest BCUT2D eigenvalue weighted by atomic mass is 10.1. The summed E-state index contributed by atoms with van der Waals surface area (Å²) in [6, 6.07) is 3.16. The van der Waals surface area contributed by atoms with Crippen LogP contribution in [0.5, 0.6) is 0 Å². The first kappa shape index (κ1) is 7.88. The molecular formula is C8H9N2O. The highest BCUT2D eigenvalue weighted by molar-refractivity contribution is 5.58. The fraction of sp³-hybridized carbons (Fsp3) is 0.250. The predicted molar refractivity (Wildman–Crippen MR) is 41.6 cm³/mol. The number of hydrogen-bond donors (Lipinski definition) is 1. The highest BCUT2D eigenvalue weighted by Gasteiger charge is 2.01. The summed E-state index contributed by atoms with van der Waals surface area (Å²) in [7, 11) is 0. The Kier molecular flexibility index (Phi) is 2.74. The Morgan fingerprint density at radius 1 is 1.73 bits per heavy atom. The second kappa shape index (κ2) is 3.83. The second-order valence-corrected chi connectivity index (χ2v) is 2.29. The average Bonchev–Trinajstić information content (AvgIpc) is 2.06. The fourth-order valence-corrected chi connectivity index (χ4v) is 0.814. The monoisotopic (exact) mass is 149 g/mol. The summed E-state index contributed by atoms with van der Waals surface area (Å²) in [5, 5.41) is 0. The van der Waals surface area contributed by atoms with E-state index in [1.165, 1.54) is 0 Å². The molecule has 11 heavy (non-hydrogen) atoms. The molecule has 0 aliphatic rings. The van der Waals surface area contributed by atoms with Gasteiger partial charge in [0.1, 0.15) is 0 Å². The molecule has 3 nitrogen and oxygen atoms in total. The van der Waals surface area contributed by atoms with Crippen LogP contribution >= 0.6 is 0 Å². The minimum Gasteiger partial charge on any atom is -0.321 e. The molecule has 1 radical (unpaired) electrons. The maximum atomic E-state index is 10.0. The van der Waals surface area contributed by atoms with Gasteiger partial charge in [-0.15, -0.1) is 0 Å². The molecule has 0 saturated carbocycles. The molecule has 1 aromatic heterocycles. The van der Waals surface area contributed by atoms with Gasteiger partial charge in [0, 0.05) is 12.4 Å². The van der Waals surface area contributed by atoms with Gasteiger partial charge in [-0.2, -0.15) is 0 Å². The van der Waals surface area contributed by atoms with Crippen LogP contribution in [0.25, 0.3) is 0 Å². The maximum absolute atomic E-state index is 10.0. The van der Waals surface area contributed by atoms with Crippen molar-refractivity contribution in [1.29, 1.82) is 0 Å². The molecule has 0 amide bonds. The third kappa shape index (κ3) is 2.47. The van der Waals surface area contributed by atoms with Crippen molar-refractivity contribution in [2.24, 2.45) is 5.73 Å². The average molecular weight is 149 g/mol. The van der Waals surface area contributed by atoms with E-state index in [4.69, 9.17) is 5.73 Å². The number of nitrogens with zero attached hydrogens (tertiary/aromatic N) is 1. The Labute approximate surface area is 65.2 Å². The molecule has 1 aromatic rings. The Balaban J connectivity index is 2.57. The van der Waals surface area contributed by atoms with E-state index in [9.17, 15) is 4.79 Å². The zero-order chi connectivity index (χ0) is 8.10. The van der Waals surface area contributed by atoms with Crippen LogP contribution in [0.3, 0.4) is 0 Å². The fourth-order valence-electron chi connectivity index (χ4n) is 0.814. The standard InChI is InChI=1S/C8H9N2O/c9-8(6-11)4-7-2-1-3-10-5-7/h1-3,5,8H,4,9H2/t8-/m1/s1. The zero-order valence-corrected chi connectivity index (χ0v) is 6.03. The topological polar surface area (TPSA) is 56.0 Å². The van der Waals surface area contributed by atoms with Crippen molar-refractivity contribution in [2.45, 2.75) is 12.5 Å². The van der Waals surface area contributed by atoms with E-state index >= 15 is 0 Å². The SMILES string of the molecule is N[C@@H]([C]=O)Cc1cccnc1. The van der Waals surface area contributed by atoms with E-state index in [0.29, 0.717) is 6.42 Å². The van der Waals surface area contributed by atoms with Crippen molar-refractivity contribution < 1.29 is 4.79 Å². The van der Waals surface area contributed by atoms with Crippen molar-refractivity contribution in [3.8, 4) is 0 Å². The molecule has 57 valence electrons. The zero-order valence-electron chi connectivity index (χ0n) is 6.03. The van der Waals surface area contributed by atoms with Crippen molar-refractivity contribution in [3.05, 3.63) is 30.1 Å². The van der Waals surface area contributed by atoms with Gasteiger partial charge in [0.2, 0.25) is 6.29 Å². The Morgan fingerprint density at radius 3 is 3.09 bits per heavy atom. The molecular weight excluding hydrogens is 140 g/mol. The summed E-state index contributed by atoms with van der Waals surface area (Å²) in [5.74, 6) is 0. The van der Waals surface area contributed by atoms with E-state index < -0.39 is 6.04 Å². The molecule has 2 N–H and O–H groups in total. The Morgan fingerprint density at radius 2 is 2.55 bits per heavy atom. The highest BCUT2D eigenvalue weighted by Crippen LogP contribution is 1.97. The molecule has 0 bridgehead atoms. The first-order valence-electron chi connectivity index (χ1n) is 3.35. The summed E-state index contributed by atoms with van der Waals surface area (Å²) >= 11 is 0. The number of carbonyl (C=O) groups excluding carboxylic acids is 1. The summed E-state index contributed by atoms with van der Waals surface area (Å²) in [6.07, 6.45) is 5.60. The lowest BCUT2D eigenvalue weighted by molar-refractivity contribution is 0.540. The van der Waals surface area contributed by atoms with Crippen LogP contribution < -0.4 is 5.73 Å². The van der Waals surface area contributed by atoms with Gasteiger partial charge in [0.05, 0.1) is 6.04 Å². The molecule has 1 rings (SSSR count). The van der Waals surface area contributed by atoms with Gasteiger partial charge >= 0.3 is 0 Å². The number of pyridine rings is 1. The quantitative estimate of drug-likeness (QED) is 0.661. The summed E-state index contributed by atoms with van der Waals surface area (Å²) in [4.78, 5) is 13.9. The van der Waals surface area contributed by atoms with Crippen molar-refractivity contribution in [2.75, 3.05) is 0 Å². The Bertz CT molecular complexity index is 223. The molecule has 0 fully saturated rings.